The summed E-state index contributed by atoms with van der Waals surface area (Å²) < 4.78 is 51.1. The smallest absolute Gasteiger partial charge is 0.241 e. The van der Waals surface area contributed by atoms with Crippen molar-refractivity contribution >= 4 is 31.5 Å². The lowest BCUT2D eigenvalue weighted by Gasteiger charge is -2.22. The van der Waals surface area contributed by atoms with E-state index in [1.165, 1.54) is 25.3 Å². The second-order valence-corrected chi connectivity index (χ2v) is 9.69. The number of nitrogens with zero attached hydrogens (tertiary/aromatic N) is 1. The van der Waals surface area contributed by atoms with Crippen molar-refractivity contribution in [2.75, 3.05) is 37.5 Å². The molecule has 1 amide bonds. The number of hydrogen-bond donors (Lipinski definition) is 2. The number of likely N-dealkylation sites (N-methyl/N-ethyl adjacent to an activating group) is 1. The summed E-state index contributed by atoms with van der Waals surface area (Å²) in [5.74, 6) is -0.152. The van der Waals surface area contributed by atoms with Gasteiger partial charge in [-0.25, -0.2) is 22.0 Å². The molecule has 140 valence electrons. The first-order valence-electron chi connectivity index (χ1n) is 7.43. The van der Waals surface area contributed by atoms with Crippen LogP contribution < -0.4 is 15.2 Å². The molecule has 11 heteroatoms. The lowest BCUT2D eigenvalue weighted by atomic mass is 10.2. The lowest BCUT2D eigenvalue weighted by molar-refractivity contribution is -0.117. The maximum atomic E-state index is 12.1. The van der Waals surface area contributed by atoms with Gasteiger partial charge in [0.25, 0.3) is 0 Å². The lowest BCUT2D eigenvalue weighted by Crippen LogP contribution is -2.38. The summed E-state index contributed by atoms with van der Waals surface area (Å²) in [6.45, 7) is -0.0169. The topological polar surface area (TPSA) is 136 Å². The first-order valence-corrected chi connectivity index (χ1v) is 10.8. The van der Waals surface area contributed by atoms with E-state index in [1.807, 2.05) is 0 Å². The molecular weight excluding hydrogens is 370 g/mol. The highest BCUT2D eigenvalue weighted by atomic mass is 32.2. The number of carbonyl (C=O) groups excluding carboxylic acids is 1. The Morgan fingerprint density at radius 3 is 2.64 bits per heavy atom. The zero-order valence-corrected chi connectivity index (χ0v) is 15.6. The SMILES string of the molecule is COc1ccc(NC(=O)CN(C)[C@H]2CCS(=O)(=O)C2)cc1S(N)(=O)=O. The molecule has 25 heavy (non-hydrogen) atoms. The third kappa shape index (κ3) is 5.14. The molecule has 2 rings (SSSR count). The van der Waals surface area contributed by atoms with Crippen LogP contribution in [0.4, 0.5) is 5.69 Å². The predicted molar refractivity (Wildman–Crippen MR) is 92.7 cm³/mol. The summed E-state index contributed by atoms with van der Waals surface area (Å²) in [4.78, 5) is 13.6. The largest absolute Gasteiger partial charge is 0.495 e. The third-order valence-corrected chi connectivity index (χ3v) is 6.66. The van der Waals surface area contributed by atoms with E-state index in [0.29, 0.717) is 6.42 Å². The molecule has 0 unspecified atom stereocenters. The number of hydrogen-bond acceptors (Lipinski definition) is 7. The van der Waals surface area contributed by atoms with E-state index in [9.17, 15) is 21.6 Å². The van der Waals surface area contributed by atoms with E-state index < -0.39 is 25.8 Å². The van der Waals surface area contributed by atoms with Crippen LogP contribution in [0.3, 0.4) is 0 Å². The standard InChI is InChI=1S/C14H21N3O6S2/c1-17(11-5-6-24(19,20)9-11)8-14(18)16-10-3-4-12(23-2)13(7-10)25(15,21)22/h3-4,7,11H,5-6,8-9H2,1-2H3,(H,16,18)(H2,15,21,22)/t11-/m0/s1. The van der Waals surface area contributed by atoms with Crippen LogP contribution in [-0.4, -0.2) is 65.9 Å². The number of rotatable bonds is 6. The molecule has 1 atom stereocenters. The maximum absolute atomic E-state index is 12.1. The van der Waals surface area contributed by atoms with E-state index >= 15 is 0 Å². The van der Waals surface area contributed by atoms with E-state index in [-0.39, 0.29) is 40.4 Å². The number of methoxy groups -OCH3 is 1. The van der Waals surface area contributed by atoms with E-state index in [1.54, 1.807) is 11.9 Å². The van der Waals surface area contributed by atoms with Crippen molar-refractivity contribution in [3.05, 3.63) is 18.2 Å². The number of anilines is 1. The van der Waals surface area contributed by atoms with Crippen molar-refractivity contribution < 1.29 is 26.4 Å². The van der Waals surface area contributed by atoms with Gasteiger partial charge in [0.05, 0.1) is 25.2 Å². The highest BCUT2D eigenvalue weighted by molar-refractivity contribution is 7.91. The van der Waals surface area contributed by atoms with Gasteiger partial charge in [0, 0.05) is 11.7 Å². The van der Waals surface area contributed by atoms with E-state index in [4.69, 9.17) is 9.88 Å². The molecule has 1 aliphatic rings. The average molecular weight is 391 g/mol. The summed E-state index contributed by atoms with van der Waals surface area (Å²) in [7, 11) is -4.05. The maximum Gasteiger partial charge on any atom is 0.241 e. The van der Waals surface area contributed by atoms with Gasteiger partial charge in [-0.05, 0) is 31.7 Å². The molecule has 1 aromatic carbocycles. The first-order chi connectivity index (χ1) is 11.5. The molecule has 3 N–H and O–H groups in total. The number of primary sulfonamides is 1. The van der Waals surface area contributed by atoms with Gasteiger partial charge in [-0.15, -0.1) is 0 Å². The zero-order chi connectivity index (χ0) is 18.8. The molecule has 0 bridgehead atoms. The number of nitrogens with one attached hydrogen (secondary N) is 1. The molecule has 0 aliphatic carbocycles. The molecule has 1 aliphatic heterocycles. The van der Waals surface area contributed by atoms with Gasteiger partial charge in [0.15, 0.2) is 9.84 Å². The minimum absolute atomic E-state index is 0.0169. The van der Waals surface area contributed by atoms with Crippen LogP contribution in [0.2, 0.25) is 0 Å². The quantitative estimate of drug-likeness (QED) is 0.661. The summed E-state index contributed by atoms with van der Waals surface area (Å²) in [5, 5.41) is 7.71. The van der Waals surface area contributed by atoms with Crippen molar-refractivity contribution in [2.45, 2.75) is 17.4 Å². The van der Waals surface area contributed by atoms with Crippen LogP contribution in [0.25, 0.3) is 0 Å². The Morgan fingerprint density at radius 2 is 2.12 bits per heavy atom. The highest BCUT2D eigenvalue weighted by Gasteiger charge is 2.31. The molecule has 1 fully saturated rings. The van der Waals surface area contributed by atoms with Crippen molar-refractivity contribution in [3.63, 3.8) is 0 Å². The molecule has 9 nitrogen and oxygen atoms in total. The predicted octanol–water partition coefficient (Wildman–Crippen LogP) is -0.600. The van der Waals surface area contributed by atoms with Crippen LogP contribution in [-0.2, 0) is 24.7 Å². The second kappa shape index (κ2) is 7.28. The fraction of sp³-hybridized carbons (Fsp3) is 0.500. The average Bonchev–Trinajstić information content (AvgIpc) is 2.86. The van der Waals surface area contributed by atoms with Crippen LogP contribution in [0, 0.1) is 0 Å². The third-order valence-electron chi connectivity index (χ3n) is 3.98. The van der Waals surface area contributed by atoms with Crippen molar-refractivity contribution in [3.8, 4) is 5.75 Å². The second-order valence-electron chi connectivity index (χ2n) is 5.93. The number of sulfone groups is 1. The monoisotopic (exact) mass is 391 g/mol. The summed E-state index contributed by atoms with van der Waals surface area (Å²) in [6, 6.07) is 3.90. The van der Waals surface area contributed by atoms with Crippen LogP contribution in [0.1, 0.15) is 6.42 Å². The van der Waals surface area contributed by atoms with Gasteiger partial charge in [-0.1, -0.05) is 0 Å². The van der Waals surface area contributed by atoms with Crippen LogP contribution in [0.5, 0.6) is 5.75 Å². The number of nitrogens with two attached hydrogens (primary N) is 1. The summed E-state index contributed by atoms with van der Waals surface area (Å²) in [6.07, 6.45) is 0.490. The van der Waals surface area contributed by atoms with Crippen molar-refractivity contribution in [2.24, 2.45) is 5.14 Å². The Hall–Kier alpha value is -1.69. The number of amides is 1. The molecule has 0 saturated carbocycles. The van der Waals surface area contributed by atoms with Gasteiger partial charge >= 0.3 is 0 Å². The fourth-order valence-corrected chi connectivity index (χ4v) is 5.18. The van der Waals surface area contributed by atoms with E-state index in [2.05, 4.69) is 5.32 Å². The van der Waals surface area contributed by atoms with Crippen LogP contribution in [0.15, 0.2) is 23.1 Å². The minimum Gasteiger partial charge on any atom is -0.495 e. The normalized spacial score (nSPS) is 19.8. The molecule has 0 spiro atoms. The zero-order valence-electron chi connectivity index (χ0n) is 13.9. The molecule has 1 aromatic rings. The minimum atomic E-state index is -4.01. The summed E-state index contributed by atoms with van der Waals surface area (Å²) >= 11 is 0. The van der Waals surface area contributed by atoms with Crippen molar-refractivity contribution in [1.29, 1.82) is 0 Å². The highest BCUT2D eigenvalue weighted by Crippen LogP contribution is 2.26. The Morgan fingerprint density at radius 1 is 1.44 bits per heavy atom. The summed E-state index contributed by atoms with van der Waals surface area (Å²) in [5.41, 5.74) is 0.252. The molecule has 1 saturated heterocycles. The van der Waals surface area contributed by atoms with Gasteiger partial charge in [-0.2, -0.15) is 0 Å². The Bertz CT molecular complexity index is 867. The first kappa shape index (κ1) is 19.6. The molecule has 1 heterocycles. The Labute approximate surface area is 147 Å². The number of sulfonamides is 1. The number of benzene rings is 1. The van der Waals surface area contributed by atoms with Gasteiger partial charge in [-0.3, -0.25) is 9.69 Å². The molecular formula is C14H21N3O6S2. The Kier molecular flexibility index (Phi) is 5.72. The van der Waals surface area contributed by atoms with Gasteiger partial charge in [0.2, 0.25) is 15.9 Å². The fourth-order valence-electron chi connectivity index (χ4n) is 2.66. The van der Waals surface area contributed by atoms with Crippen molar-refractivity contribution in [1.82, 2.24) is 4.90 Å². The Balaban J connectivity index is 2.06. The molecule has 0 aromatic heterocycles. The van der Waals surface area contributed by atoms with Crippen LogP contribution >= 0.6 is 0 Å². The number of carbonyl (C=O) groups is 1. The molecule has 0 radical (unpaired) electrons. The van der Waals surface area contributed by atoms with Gasteiger partial charge in [0.1, 0.15) is 10.6 Å². The van der Waals surface area contributed by atoms with Gasteiger partial charge < -0.3 is 10.1 Å². The number of ether oxygens (including phenoxy) is 1. The van der Waals surface area contributed by atoms with E-state index in [0.717, 1.165) is 0 Å².